The number of esters is 1. The molecule has 0 radical (unpaired) electrons. The minimum atomic E-state index is -2.18. The number of hydrogen-bond acceptors (Lipinski definition) is 12. The van der Waals surface area contributed by atoms with Crippen LogP contribution in [-0.4, -0.2) is 69.7 Å². The number of aliphatic hydroxyl groups is 2. The van der Waals surface area contributed by atoms with Gasteiger partial charge in [-0.05, 0) is 107 Å². The number of allylic oxidation sites excluding steroid dienone is 2. The molecule has 0 aromatic heterocycles. The number of non-ortho nitro benzene ring substituents is 1. The number of rotatable bonds is 13. The zero-order valence-electron chi connectivity index (χ0n) is 40.1. The van der Waals surface area contributed by atoms with Gasteiger partial charge in [-0.1, -0.05) is 121 Å². The van der Waals surface area contributed by atoms with Gasteiger partial charge in [-0.3, -0.25) is 29.4 Å². The first-order chi connectivity index (χ1) is 36.1. The van der Waals surface area contributed by atoms with Crippen molar-refractivity contribution in [3.05, 3.63) is 218 Å². The molecule has 3 N–H and O–H groups in total. The van der Waals surface area contributed by atoms with E-state index in [1.165, 1.54) is 24.3 Å². The lowest BCUT2D eigenvalue weighted by Crippen LogP contribution is -2.56. The number of benzene rings is 6. The highest BCUT2D eigenvalue weighted by molar-refractivity contribution is 6.23. The summed E-state index contributed by atoms with van der Waals surface area (Å²) in [6.45, 7) is -1.06. The summed E-state index contributed by atoms with van der Waals surface area (Å²) in [6, 6.07) is 41.0. The molecule has 10 rings (SSSR count). The first-order valence-corrected chi connectivity index (χ1v) is 24.6. The molecule has 6 aromatic rings. The molecule has 74 heavy (non-hydrogen) atoms. The van der Waals surface area contributed by atoms with Crippen LogP contribution in [0.5, 0.6) is 5.75 Å². The number of amides is 3. The summed E-state index contributed by atoms with van der Waals surface area (Å²) in [4.78, 5) is 76.7. The summed E-state index contributed by atoms with van der Waals surface area (Å²) >= 11 is 0. The van der Waals surface area contributed by atoms with Gasteiger partial charge >= 0.3 is 12.1 Å². The van der Waals surface area contributed by atoms with E-state index in [4.69, 9.17) is 14.2 Å². The molecule has 2 saturated heterocycles. The number of nitro benzene ring substituents is 1. The number of carbonyl (C=O) groups is 4. The largest absolute Gasteiger partial charge is 0.491 e. The van der Waals surface area contributed by atoms with Gasteiger partial charge in [0.25, 0.3) is 5.69 Å². The zero-order valence-corrected chi connectivity index (χ0v) is 40.1. The summed E-state index contributed by atoms with van der Waals surface area (Å²) in [7, 11) is 0. The Morgan fingerprint density at radius 2 is 1.53 bits per heavy atom. The topological polar surface area (TPSA) is 198 Å². The van der Waals surface area contributed by atoms with Crippen molar-refractivity contribution in [2.45, 2.75) is 68.0 Å². The summed E-state index contributed by atoms with van der Waals surface area (Å²) in [5, 5.41) is 35.8. The van der Waals surface area contributed by atoms with E-state index in [1.54, 1.807) is 72.8 Å². The summed E-state index contributed by atoms with van der Waals surface area (Å²) in [5.74, 6) is 2.79. The lowest BCUT2D eigenvalue weighted by atomic mass is 9.65. The van der Waals surface area contributed by atoms with Crippen LogP contribution in [0.1, 0.15) is 88.9 Å². The number of anilines is 1. The minimum absolute atomic E-state index is 0.0654. The van der Waals surface area contributed by atoms with E-state index in [-0.39, 0.29) is 43.3 Å². The Hall–Kier alpha value is -8.42. The standard InChI is InChI=1S/C59H52N4O11/c64-32-33-72-46-23-13-22-44(35-46)54-59(47-34-39(25-24-38-14-5-1-6-15-38)28-31-48(47)61(57(59)68)58(69)73-37-40-26-29-45(30-27-40)63(70)71)50(55(66)60-36-49(65)41-16-7-2-8-17-41)52-56(67)74-53(43-20-11-4-12-21-43)51(62(52)54)42-18-9-3-10-19-42/h2-4,7-14,16-23,26-31,34-35,49-54,64-65H,1,5-6,15,32-33,36-37H2,(H,60,66). The number of carbonyl (C=O) groups excluding carboxylic acids is 4. The number of nitrogens with one attached hydrogen (secondary N) is 1. The highest BCUT2D eigenvalue weighted by Crippen LogP contribution is 2.66. The van der Waals surface area contributed by atoms with E-state index in [2.05, 4.69) is 23.2 Å². The van der Waals surface area contributed by atoms with Crippen molar-refractivity contribution >= 4 is 35.3 Å². The zero-order chi connectivity index (χ0) is 51.3. The van der Waals surface area contributed by atoms with Crippen LogP contribution < -0.4 is 15.0 Å². The lowest BCUT2D eigenvalue weighted by Gasteiger charge is -2.46. The van der Waals surface area contributed by atoms with Gasteiger partial charge < -0.3 is 29.7 Å². The van der Waals surface area contributed by atoms with E-state index in [0.717, 1.165) is 36.2 Å². The van der Waals surface area contributed by atoms with Gasteiger partial charge in [0.15, 0.2) is 0 Å². The van der Waals surface area contributed by atoms with E-state index >= 15 is 14.4 Å². The molecule has 2 fully saturated rings. The number of aliphatic hydroxyl groups excluding tert-OH is 2. The van der Waals surface area contributed by atoms with Gasteiger partial charge in [0.05, 0.1) is 41.3 Å². The molecular formula is C59H52N4O11. The highest BCUT2D eigenvalue weighted by atomic mass is 16.6. The minimum Gasteiger partial charge on any atom is -0.491 e. The molecule has 7 unspecified atom stereocenters. The number of nitrogens with zero attached hydrogens (tertiary/aromatic N) is 3. The SMILES string of the molecule is O=C1OC(c2ccccc2)C(c2ccccc2)N2C1C(C(=O)NCC(O)c1ccccc1)C1(C(=O)N(C(=O)OCc3ccc([N+](=O)[O-])cc3)c3ccc(C#CC4=CCCCC4)cc31)C2c1cccc(OCCO)c1. The van der Waals surface area contributed by atoms with Gasteiger partial charge in [-0.25, -0.2) is 9.69 Å². The summed E-state index contributed by atoms with van der Waals surface area (Å²) in [6.07, 6.45) is 2.54. The maximum absolute atomic E-state index is 16.7. The van der Waals surface area contributed by atoms with Gasteiger partial charge in [-0.15, -0.1) is 0 Å². The van der Waals surface area contributed by atoms with Crippen LogP contribution in [0, 0.1) is 27.9 Å². The molecule has 1 aliphatic carbocycles. The number of nitro groups is 1. The molecule has 3 amide bonds. The van der Waals surface area contributed by atoms with Crippen LogP contribution in [0.3, 0.4) is 0 Å². The molecule has 7 atom stereocenters. The predicted octanol–water partition coefficient (Wildman–Crippen LogP) is 8.67. The Bertz CT molecular complexity index is 3180. The van der Waals surface area contributed by atoms with Crippen LogP contribution in [0.25, 0.3) is 0 Å². The maximum Gasteiger partial charge on any atom is 0.421 e. The maximum atomic E-state index is 16.7. The number of hydrogen-bond donors (Lipinski definition) is 3. The van der Waals surface area contributed by atoms with Crippen molar-refractivity contribution in [2.75, 3.05) is 24.7 Å². The van der Waals surface area contributed by atoms with Crippen molar-refractivity contribution in [1.82, 2.24) is 10.2 Å². The molecule has 4 aliphatic rings. The molecule has 3 heterocycles. The number of ether oxygens (including phenoxy) is 3. The van der Waals surface area contributed by atoms with Crippen molar-refractivity contribution in [3.63, 3.8) is 0 Å². The molecule has 15 heteroatoms. The second-order valence-electron chi connectivity index (χ2n) is 18.7. The van der Waals surface area contributed by atoms with Crippen molar-refractivity contribution < 1.29 is 48.5 Å². The van der Waals surface area contributed by atoms with Gasteiger partial charge in [0.2, 0.25) is 11.8 Å². The Kier molecular flexibility index (Phi) is 14.2. The molecule has 15 nitrogen and oxygen atoms in total. The normalized spacial score (nSPS) is 22.3. The van der Waals surface area contributed by atoms with Crippen LogP contribution in [0.4, 0.5) is 16.2 Å². The monoisotopic (exact) mass is 992 g/mol. The number of fused-ring (bicyclic) bond motifs is 3. The Labute approximate surface area is 427 Å². The third-order valence-electron chi connectivity index (χ3n) is 14.3. The second kappa shape index (κ2) is 21.3. The van der Waals surface area contributed by atoms with Crippen molar-refractivity contribution in [2.24, 2.45) is 5.92 Å². The Morgan fingerprint density at radius 3 is 2.22 bits per heavy atom. The number of imide groups is 1. The number of morpholine rings is 1. The van der Waals surface area contributed by atoms with Gasteiger partial charge in [-0.2, -0.15) is 0 Å². The first-order valence-electron chi connectivity index (χ1n) is 24.6. The smallest absolute Gasteiger partial charge is 0.421 e. The first kappa shape index (κ1) is 49.2. The van der Waals surface area contributed by atoms with Crippen molar-refractivity contribution in [1.29, 1.82) is 0 Å². The third-order valence-corrected chi connectivity index (χ3v) is 14.3. The lowest BCUT2D eigenvalue weighted by molar-refractivity contribution is -0.384. The van der Waals surface area contributed by atoms with Crippen LogP contribution in [0.15, 0.2) is 169 Å². The summed E-state index contributed by atoms with van der Waals surface area (Å²) in [5.41, 5.74) is 2.05. The fourth-order valence-corrected chi connectivity index (χ4v) is 11.0. The molecule has 6 aromatic carbocycles. The third kappa shape index (κ3) is 9.31. The fraction of sp³-hybridized carbons (Fsp3) is 0.254. The summed E-state index contributed by atoms with van der Waals surface area (Å²) < 4.78 is 18.5. The molecular weight excluding hydrogens is 941 g/mol. The highest BCUT2D eigenvalue weighted by Gasteiger charge is 2.76. The molecule has 0 bridgehead atoms. The average Bonchev–Trinajstić information content (AvgIpc) is 3.97. The van der Waals surface area contributed by atoms with Gasteiger partial charge in [0, 0.05) is 24.2 Å². The van der Waals surface area contributed by atoms with E-state index in [0.29, 0.717) is 39.1 Å². The van der Waals surface area contributed by atoms with E-state index in [1.807, 2.05) is 65.6 Å². The predicted molar refractivity (Wildman–Crippen MR) is 272 cm³/mol. The second-order valence-corrected chi connectivity index (χ2v) is 18.7. The van der Waals surface area contributed by atoms with E-state index < -0.39 is 70.5 Å². The average molecular weight is 993 g/mol. The van der Waals surface area contributed by atoms with Gasteiger partial charge in [0.1, 0.15) is 36.5 Å². The fourth-order valence-electron chi connectivity index (χ4n) is 11.0. The molecule has 3 aliphatic heterocycles. The van der Waals surface area contributed by atoms with E-state index in [9.17, 15) is 25.1 Å². The quantitative estimate of drug-likeness (QED) is 0.0432. The van der Waals surface area contributed by atoms with Crippen LogP contribution in [-0.2, 0) is 35.9 Å². The molecule has 374 valence electrons. The van der Waals surface area contributed by atoms with Crippen molar-refractivity contribution in [3.8, 4) is 17.6 Å². The molecule has 1 spiro atoms. The Balaban J connectivity index is 1.22. The van der Waals surface area contributed by atoms with Crippen LogP contribution >= 0.6 is 0 Å². The Morgan fingerprint density at radius 1 is 0.824 bits per heavy atom. The molecule has 0 saturated carbocycles. The van der Waals surface area contributed by atoms with Crippen LogP contribution in [0.2, 0.25) is 0 Å². The number of cyclic esters (lactones) is 1.